The summed E-state index contributed by atoms with van der Waals surface area (Å²) in [5, 5.41) is 5.17. The molecule has 0 N–H and O–H groups in total. The number of aromatic nitrogens is 3. The van der Waals surface area contributed by atoms with Crippen LogP contribution in [0.4, 0.5) is 0 Å². The Bertz CT molecular complexity index is 641. The van der Waals surface area contributed by atoms with Crippen LogP contribution in [0, 0.1) is 20.8 Å². The van der Waals surface area contributed by atoms with Crippen molar-refractivity contribution in [2.24, 2.45) is 7.05 Å². The maximum atomic E-state index is 6.43. The molecule has 1 saturated heterocycles. The van der Waals surface area contributed by atoms with Crippen molar-refractivity contribution in [3.63, 3.8) is 0 Å². The van der Waals surface area contributed by atoms with Gasteiger partial charge < -0.3 is 4.42 Å². The van der Waals surface area contributed by atoms with E-state index in [1.54, 1.807) is 4.68 Å². The van der Waals surface area contributed by atoms with E-state index in [4.69, 9.17) is 16.0 Å². The van der Waals surface area contributed by atoms with Crippen molar-refractivity contribution >= 4 is 11.6 Å². The fraction of sp³-hybridized carbons (Fsp3) is 0.600. The molecule has 0 saturated carbocycles. The molecule has 0 amide bonds. The molecule has 1 aliphatic rings. The van der Waals surface area contributed by atoms with Gasteiger partial charge in [0.1, 0.15) is 10.9 Å². The maximum Gasteiger partial charge on any atom is 0.208 e. The van der Waals surface area contributed by atoms with E-state index in [2.05, 4.69) is 15.0 Å². The molecule has 2 aromatic heterocycles. The number of nitrogens with zero attached hydrogens (tertiary/aromatic N) is 4. The molecule has 5 nitrogen and oxygen atoms in total. The molecule has 0 bridgehead atoms. The Labute approximate surface area is 129 Å². The van der Waals surface area contributed by atoms with Crippen molar-refractivity contribution in [2.45, 2.75) is 46.2 Å². The van der Waals surface area contributed by atoms with Crippen molar-refractivity contribution < 1.29 is 4.42 Å². The first-order chi connectivity index (χ1) is 9.97. The highest BCUT2D eigenvalue weighted by molar-refractivity contribution is 6.30. The van der Waals surface area contributed by atoms with E-state index >= 15 is 0 Å². The van der Waals surface area contributed by atoms with Gasteiger partial charge >= 0.3 is 0 Å². The predicted molar refractivity (Wildman–Crippen MR) is 81.3 cm³/mol. The molecule has 1 aliphatic heterocycles. The number of halogens is 1. The summed E-state index contributed by atoms with van der Waals surface area (Å²) in [5.41, 5.74) is 3.13. The van der Waals surface area contributed by atoms with Gasteiger partial charge in [-0.25, -0.2) is 4.98 Å². The summed E-state index contributed by atoms with van der Waals surface area (Å²) in [4.78, 5) is 6.88. The second-order valence-corrected chi connectivity index (χ2v) is 6.15. The van der Waals surface area contributed by atoms with Crippen LogP contribution >= 0.6 is 11.6 Å². The molecule has 114 valence electrons. The Morgan fingerprint density at radius 1 is 1.29 bits per heavy atom. The van der Waals surface area contributed by atoms with Crippen molar-refractivity contribution in [3.8, 4) is 0 Å². The molecule has 1 atom stereocenters. The molecule has 1 fully saturated rings. The van der Waals surface area contributed by atoms with Gasteiger partial charge in [-0.1, -0.05) is 11.6 Å². The van der Waals surface area contributed by atoms with Gasteiger partial charge in [-0.3, -0.25) is 9.58 Å². The van der Waals surface area contributed by atoms with Gasteiger partial charge in [-0.15, -0.1) is 0 Å². The van der Waals surface area contributed by atoms with Crippen LogP contribution in [0.1, 0.15) is 47.5 Å². The molecule has 0 unspecified atom stereocenters. The molecule has 3 rings (SSSR count). The van der Waals surface area contributed by atoms with Crippen LogP contribution < -0.4 is 0 Å². The summed E-state index contributed by atoms with van der Waals surface area (Å²) in [7, 11) is 1.89. The van der Waals surface area contributed by atoms with E-state index in [0.717, 1.165) is 59.7 Å². The molecular formula is C15H21ClN4O. The number of hydrogen-bond acceptors (Lipinski definition) is 4. The van der Waals surface area contributed by atoms with Gasteiger partial charge in [-0.05, 0) is 40.2 Å². The van der Waals surface area contributed by atoms with Gasteiger partial charge in [0.15, 0.2) is 0 Å². The maximum absolute atomic E-state index is 6.43. The van der Waals surface area contributed by atoms with E-state index in [1.165, 1.54) is 0 Å². The fourth-order valence-electron chi connectivity index (χ4n) is 3.15. The van der Waals surface area contributed by atoms with Crippen LogP contribution in [0.15, 0.2) is 4.42 Å². The average Bonchev–Trinajstić information content (AvgIpc) is 3.04. The smallest absolute Gasteiger partial charge is 0.208 e. The number of rotatable bonds is 3. The number of hydrogen-bond donors (Lipinski definition) is 0. The van der Waals surface area contributed by atoms with E-state index in [-0.39, 0.29) is 0 Å². The average molecular weight is 309 g/mol. The molecule has 0 aliphatic carbocycles. The first-order valence-electron chi connectivity index (χ1n) is 7.33. The summed E-state index contributed by atoms with van der Waals surface area (Å²) >= 11 is 6.43. The molecule has 3 heterocycles. The number of oxazole rings is 1. The van der Waals surface area contributed by atoms with Gasteiger partial charge in [0.2, 0.25) is 5.89 Å². The van der Waals surface area contributed by atoms with Gasteiger partial charge in [0.25, 0.3) is 0 Å². The second kappa shape index (κ2) is 5.46. The molecule has 0 radical (unpaired) electrons. The first-order valence-corrected chi connectivity index (χ1v) is 7.71. The Balaban J connectivity index is 1.85. The topological polar surface area (TPSA) is 47.1 Å². The van der Waals surface area contributed by atoms with E-state index < -0.39 is 0 Å². The first kappa shape index (κ1) is 14.6. The van der Waals surface area contributed by atoms with Crippen LogP contribution in [-0.4, -0.2) is 26.2 Å². The van der Waals surface area contributed by atoms with Crippen LogP contribution in [0.5, 0.6) is 0 Å². The predicted octanol–water partition coefficient (Wildman–Crippen LogP) is 3.32. The van der Waals surface area contributed by atoms with Crippen molar-refractivity contribution in [1.82, 2.24) is 19.7 Å². The third kappa shape index (κ3) is 2.60. The highest BCUT2D eigenvalue weighted by Gasteiger charge is 2.32. The van der Waals surface area contributed by atoms with E-state index in [0.29, 0.717) is 6.04 Å². The summed E-state index contributed by atoms with van der Waals surface area (Å²) < 4.78 is 7.47. The van der Waals surface area contributed by atoms with Crippen LogP contribution in [-0.2, 0) is 13.6 Å². The van der Waals surface area contributed by atoms with Crippen LogP contribution in [0.2, 0.25) is 5.15 Å². The lowest BCUT2D eigenvalue weighted by Crippen LogP contribution is -2.23. The molecular weight excluding hydrogens is 288 g/mol. The third-order valence-electron chi connectivity index (χ3n) is 4.30. The number of likely N-dealkylation sites (tertiary alicyclic amines) is 1. The normalized spacial score (nSPS) is 19.6. The second-order valence-electron chi connectivity index (χ2n) is 5.79. The van der Waals surface area contributed by atoms with Crippen LogP contribution in [0.25, 0.3) is 0 Å². The van der Waals surface area contributed by atoms with Crippen molar-refractivity contribution in [1.29, 1.82) is 0 Å². The minimum Gasteiger partial charge on any atom is -0.444 e. The van der Waals surface area contributed by atoms with Crippen molar-refractivity contribution in [3.05, 3.63) is 33.8 Å². The highest BCUT2D eigenvalue weighted by atomic mass is 35.5. The van der Waals surface area contributed by atoms with Gasteiger partial charge in [-0.2, -0.15) is 5.10 Å². The molecule has 0 spiro atoms. The SMILES string of the molecule is Cc1nc(CN2CCC[C@H]2c2c(C)nn(C)c2Cl)oc1C. The standard InChI is InChI=1S/C15H21ClN4O/c1-9-11(3)21-13(17-9)8-20-7-5-6-12(20)14-10(2)18-19(4)15(14)16/h12H,5-8H2,1-4H3/t12-/m0/s1. The highest BCUT2D eigenvalue weighted by Crippen LogP contribution is 2.38. The Morgan fingerprint density at radius 3 is 2.62 bits per heavy atom. The zero-order valence-electron chi connectivity index (χ0n) is 13.0. The summed E-state index contributed by atoms with van der Waals surface area (Å²) in [6.07, 6.45) is 2.26. The minimum absolute atomic E-state index is 0.304. The Kier molecular flexibility index (Phi) is 3.80. The quantitative estimate of drug-likeness (QED) is 0.872. The monoisotopic (exact) mass is 308 g/mol. The lowest BCUT2D eigenvalue weighted by Gasteiger charge is -2.23. The van der Waals surface area contributed by atoms with Crippen molar-refractivity contribution in [2.75, 3.05) is 6.54 Å². The molecule has 0 aromatic carbocycles. The van der Waals surface area contributed by atoms with E-state index in [9.17, 15) is 0 Å². The van der Waals surface area contributed by atoms with Crippen LogP contribution in [0.3, 0.4) is 0 Å². The number of aryl methyl sites for hydroxylation is 4. The van der Waals surface area contributed by atoms with Gasteiger partial charge in [0.05, 0.1) is 17.9 Å². The lowest BCUT2D eigenvalue weighted by atomic mass is 10.1. The zero-order chi connectivity index (χ0) is 15.1. The molecule has 6 heteroatoms. The largest absolute Gasteiger partial charge is 0.444 e. The third-order valence-corrected chi connectivity index (χ3v) is 4.75. The zero-order valence-corrected chi connectivity index (χ0v) is 13.7. The Morgan fingerprint density at radius 2 is 2.05 bits per heavy atom. The summed E-state index contributed by atoms with van der Waals surface area (Å²) in [6.45, 7) is 7.72. The van der Waals surface area contributed by atoms with E-state index in [1.807, 2.05) is 27.8 Å². The Hall–Kier alpha value is -1.33. The fourth-order valence-corrected chi connectivity index (χ4v) is 3.45. The lowest BCUT2D eigenvalue weighted by molar-refractivity contribution is 0.221. The minimum atomic E-state index is 0.304. The van der Waals surface area contributed by atoms with Gasteiger partial charge in [0, 0.05) is 18.7 Å². The summed E-state index contributed by atoms with van der Waals surface area (Å²) in [5.74, 6) is 1.69. The molecule has 21 heavy (non-hydrogen) atoms. The molecule has 2 aromatic rings. The summed E-state index contributed by atoms with van der Waals surface area (Å²) in [6, 6.07) is 0.304.